The molecular formula is C13H19BrFNO2. The van der Waals surface area contributed by atoms with Crippen LogP contribution in [-0.4, -0.2) is 31.0 Å². The van der Waals surface area contributed by atoms with Gasteiger partial charge in [-0.25, -0.2) is 4.39 Å². The Morgan fingerprint density at radius 3 is 2.94 bits per heavy atom. The number of hydrogen-bond acceptors (Lipinski definition) is 3. The summed E-state index contributed by atoms with van der Waals surface area (Å²) in [5, 5.41) is 12.7. The molecule has 5 heteroatoms. The molecule has 1 aromatic rings. The number of rotatable bonds is 8. The monoisotopic (exact) mass is 319 g/mol. The molecule has 0 aliphatic heterocycles. The van der Waals surface area contributed by atoms with Crippen molar-refractivity contribution in [1.82, 2.24) is 0 Å². The number of hydrogen-bond donors (Lipinski definition) is 2. The van der Waals surface area contributed by atoms with E-state index in [-0.39, 0.29) is 5.82 Å². The van der Waals surface area contributed by atoms with E-state index in [0.29, 0.717) is 24.2 Å². The SMILES string of the molecule is CCCCOCC(O)CNc1ccc(F)c(Br)c1. The molecule has 0 fully saturated rings. The van der Waals surface area contributed by atoms with E-state index in [0.717, 1.165) is 18.5 Å². The maximum atomic E-state index is 13.0. The van der Waals surface area contributed by atoms with Crippen molar-refractivity contribution < 1.29 is 14.2 Å². The summed E-state index contributed by atoms with van der Waals surface area (Å²) in [6.45, 7) is 3.46. The highest BCUT2D eigenvalue weighted by molar-refractivity contribution is 9.10. The molecule has 0 heterocycles. The lowest BCUT2D eigenvalue weighted by molar-refractivity contribution is 0.0422. The van der Waals surface area contributed by atoms with Crippen LogP contribution in [0, 0.1) is 5.82 Å². The fourth-order valence-electron chi connectivity index (χ4n) is 1.37. The summed E-state index contributed by atoms with van der Waals surface area (Å²) < 4.78 is 18.7. The number of nitrogens with one attached hydrogen (secondary N) is 1. The molecule has 1 aromatic carbocycles. The number of ether oxygens (including phenoxy) is 1. The molecule has 3 nitrogen and oxygen atoms in total. The fourth-order valence-corrected chi connectivity index (χ4v) is 1.75. The Kier molecular flexibility index (Phi) is 7.23. The molecule has 0 aliphatic rings. The molecule has 0 spiro atoms. The molecule has 0 aromatic heterocycles. The normalized spacial score (nSPS) is 12.4. The standard InChI is InChI=1S/C13H19BrFNO2/c1-2-3-6-18-9-11(17)8-16-10-4-5-13(15)12(14)7-10/h4-5,7,11,16-17H,2-3,6,8-9H2,1H3. The van der Waals surface area contributed by atoms with Gasteiger partial charge in [-0.15, -0.1) is 0 Å². The minimum absolute atomic E-state index is 0.302. The van der Waals surface area contributed by atoms with Crippen LogP contribution in [0.25, 0.3) is 0 Å². The van der Waals surface area contributed by atoms with Crippen LogP contribution in [0.5, 0.6) is 0 Å². The van der Waals surface area contributed by atoms with Crippen LogP contribution in [0.15, 0.2) is 22.7 Å². The van der Waals surface area contributed by atoms with Crippen molar-refractivity contribution in [1.29, 1.82) is 0 Å². The van der Waals surface area contributed by atoms with Gasteiger partial charge in [-0.3, -0.25) is 0 Å². The zero-order valence-electron chi connectivity index (χ0n) is 10.5. The van der Waals surface area contributed by atoms with Crippen LogP contribution in [0.1, 0.15) is 19.8 Å². The summed E-state index contributed by atoms with van der Waals surface area (Å²) in [4.78, 5) is 0. The molecule has 0 saturated heterocycles. The summed E-state index contributed by atoms with van der Waals surface area (Å²) in [6.07, 6.45) is 1.52. The van der Waals surface area contributed by atoms with Crippen molar-refractivity contribution >= 4 is 21.6 Å². The van der Waals surface area contributed by atoms with E-state index >= 15 is 0 Å². The Balaban J connectivity index is 2.24. The average Bonchev–Trinajstić information content (AvgIpc) is 2.36. The molecule has 0 amide bonds. The van der Waals surface area contributed by atoms with E-state index in [4.69, 9.17) is 4.74 Å². The molecule has 102 valence electrons. The maximum Gasteiger partial charge on any atom is 0.137 e. The topological polar surface area (TPSA) is 41.5 Å². The summed E-state index contributed by atoms with van der Waals surface area (Å²) >= 11 is 3.11. The van der Waals surface area contributed by atoms with Gasteiger partial charge in [0.1, 0.15) is 5.82 Å². The Bertz CT molecular complexity index is 363. The van der Waals surface area contributed by atoms with Gasteiger partial charge in [-0.1, -0.05) is 13.3 Å². The quantitative estimate of drug-likeness (QED) is 0.723. The molecule has 2 N–H and O–H groups in total. The second-order valence-electron chi connectivity index (χ2n) is 4.09. The largest absolute Gasteiger partial charge is 0.389 e. The predicted molar refractivity (Wildman–Crippen MR) is 74.3 cm³/mol. The average molecular weight is 320 g/mol. The summed E-state index contributed by atoms with van der Waals surface area (Å²) in [5.74, 6) is -0.302. The van der Waals surface area contributed by atoms with E-state index < -0.39 is 6.10 Å². The van der Waals surface area contributed by atoms with Crippen LogP contribution in [0.3, 0.4) is 0 Å². The number of benzene rings is 1. The molecule has 0 saturated carbocycles. The Hall–Kier alpha value is -0.650. The first-order valence-electron chi connectivity index (χ1n) is 6.08. The molecule has 0 bridgehead atoms. The van der Waals surface area contributed by atoms with Gasteiger partial charge in [-0.2, -0.15) is 0 Å². The van der Waals surface area contributed by atoms with Gasteiger partial charge in [0.2, 0.25) is 0 Å². The number of anilines is 1. The molecule has 1 unspecified atom stereocenters. The lowest BCUT2D eigenvalue weighted by atomic mass is 10.3. The number of unbranched alkanes of at least 4 members (excludes halogenated alkanes) is 1. The Morgan fingerprint density at radius 1 is 1.50 bits per heavy atom. The Morgan fingerprint density at radius 2 is 2.28 bits per heavy atom. The van der Waals surface area contributed by atoms with Crippen molar-refractivity contribution in [2.75, 3.05) is 25.1 Å². The fraction of sp³-hybridized carbons (Fsp3) is 0.538. The first-order valence-corrected chi connectivity index (χ1v) is 6.87. The van der Waals surface area contributed by atoms with Gasteiger partial charge in [0.25, 0.3) is 0 Å². The van der Waals surface area contributed by atoms with Crippen molar-refractivity contribution in [3.05, 3.63) is 28.5 Å². The highest BCUT2D eigenvalue weighted by Gasteiger charge is 2.05. The van der Waals surface area contributed by atoms with E-state index in [9.17, 15) is 9.50 Å². The second-order valence-corrected chi connectivity index (χ2v) is 4.95. The summed E-state index contributed by atoms with van der Waals surface area (Å²) in [6, 6.07) is 4.64. The molecule has 1 rings (SSSR count). The third-order valence-corrected chi connectivity index (χ3v) is 3.02. The van der Waals surface area contributed by atoms with Gasteiger partial charge in [0.15, 0.2) is 0 Å². The smallest absolute Gasteiger partial charge is 0.137 e. The first-order chi connectivity index (χ1) is 8.63. The minimum atomic E-state index is -0.564. The van der Waals surface area contributed by atoms with Crippen LogP contribution < -0.4 is 5.32 Å². The number of aliphatic hydroxyl groups excluding tert-OH is 1. The van der Waals surface area contributed by atoms with E-state index in [1.54, 1.807) is 12.1 Å². The van der Waals surface area contributed by atoms with Gasteiger partial charge < -0.3 is 15.2 Å². The molecule has 0 radical (unpaired) electrons. The van der Waals surface area contributed by atoms with Crippen LogP contribution in [-0.2, 0) is 4.74 Å². The van der Waals surface area contributed by atoms with Crippen molar-refractivity contribution in [3.63, 3.8) is 0 Å². The van der Waals surface area contributed by atoms with Crippen LogP contribution in [0.2, 0.25) is 0 Å². The van der Waals surface area contributed by atoms with E-state index in [2.05, 4.69) is 28.2 Å². The molecular weight excluding hydrogens is 301 g/mol. The van der Waals surface area contributed by atoms with Crippen molar-refractivity contribution in [2.24, 2.45) is 0 Å². The zero-order valence-corrected chi connectivity index (χ0v) is 12.0. The summed E-state index contributed by atoms with van der Waals surface area (Å²) in [5.41, 5.74) is 0.760. The Labute approximate surface area is 115 Å². The third kappa shape index (κ3) is 5.80. The van der Waals surface area contributed by atoms with Gasteiger partial charge >= 0.3 is 0 Å². The number of halogens is 2. The van der Waals surface area contributed by atoms with Crippen LogP contribution in [0.4, 0.5) is 10.1 Å². The molecule has 18 heavy (non-hydrogen) atoms. The van der Waals surface area contributed by atoms with Gasteiger partial charge in [0.05, 0.1) is 17.2 Å². The second kappa shape index (κ2) is 8.45. The maximum absolute atomic E-state index is 13.0. The highest BCUT2D eigenvalue weighted by atomic mass is 79.9. The number of aliphatic hydroxyl groups is 1. The highest BCUT2D eigenvalue weighted by Crippen LogP contribution is 2.19. The van der Waals surface area contributed by atoms with Crippen LogP contribution >= 0.6 is 15.9 Å². The summed E-state index contributed by atoms with van der Waals surface area (Å²) in [7, 11) is 0. The van der Waals surface area contributed by atoms with E-state index in [1.165, 1.54) is 6.07 Å². The third-order valence-electron chi connectivity index (χ3n) is 2.41. The zero-order chi connectivity index (χ0) is 13.4. The molecule has 0 aliphatic carbocycles. The lowest BCUT2D eigenvalue weighted by Crippen LogP contribution is -2.25. The van der Waals surface area contributed by atoms with Crippen molar-refractivity contribution in [2.45, 2.75) is 25.9 Å². The van der Waals surface area contributed by atoms with Gasteiger partial charge in [-0.05, 0) is 40.5 Å². The predicted octanol–water partition coefficient (Wildman–Crippen LogP) is 3.18. The lowest BCUT2D eigenvalue weighted by Gasteiger charge is -2.13. The van der Waals surface area contributed by atoms with E-state index in [1.807, 2.05) is 0 Å². The minimum Gasteiger partial charge on any atom is -0.389 e. The first kappa shape index (κ1) is 15.4. The molecule has 1 atom stereocenters. The van der Waals surface area contributed by atoms with Gasteiger partial charge in [0, 0.05) is 18.8 Å². The van der Waals surface area contributed by atoms with Crippen molar-refractivity contribution in [3.8, 4) is 0 Å².